The van der Waals surface area contributed by atoms with Crippen molar-refractivity contribution < 1.29 is 4.79 Å². The van der Waals surface area contributed by atoms with Gasteiger partial charge in [-0.25, -0.2) is 0 Å². The first-order valence-corrected chi connectivity index (χ1v) is 5.98. The Morgan fingerprint density at radius 1 is 0.842 bits per heavy atom. The van der Waals surface area contributed by atoms with Gasteiger partial charge in [0.05, 0.1) is 6.67 Å². The van der Waals surface area contributed by atoms with Gasteiger partial charge >= 0.3 is 29.6 Å². The molecule has 2 aromatic rings. The van der Waals surface area contributed by atoms with Crippen LogP contribution in [0.1, 0.15) is 11.1 Å². The van der Waals surface area contributed by atoms with Crippen molar-refractivity contribution in [1.82, 2.24) is 10.6 Å². The minimum atomic E-state index is -0.761. The predicted octanol–water partition coefficient (Wildman–Crippen LogP) is 0.959. The van der Waals surface area contributed by atoms with E-state index in [9.17, 15) is 4.79 Å². The van der Waals surface area contributed by atoms with Crippen molar-refractivity contribution in [1.29, 1.82) is 0 Å². The van der Waals surface area contributed by atoms with Crippen LogP contribution in [0.25, 0.3) is 0 Å². The van der Waals surface area contributed by atoms with Gasteiger partial charge in [0.25, 0.3) is 5.91 Å². The topological polar surface area (TPSA) is 41.1 Å². The Morgan fingerprint density at radius 2 is 1.32 bits per heavy atom. The second-order valence-corrected chi connectivity index (χ2v) is 4.34. The van der Waals surface area contributed by atoms with Gasteiger partial charge in [0.15, 0.2) is 5.54 Å². The van der Waals surface area contributed by atoms with Crippen molar-refractivity contribution in [3.63, 3.8) is 0 Å². The summed E-state index contributed by atoms with van der Waals surface area (Å²) in [6.07, 6.45) is 0. The van der Waals surface area contributed by atoms with Crippen LogP contribution in [-0.4, -0.2) is 42.1 Å². The fourth-order valence-corrected chi connectivity index (χ4v) is 2.48. The molecule has 1 fully saturated rings. The van der Waals surface area contributed by atoms with E-state index in [1.165, 1.54) is 0 Å². The molecule has 2 N–H and O–H groups in total. The van der Waals surface area contributed by atoms with Crippen LogP contribution in [0.3, 0.4) is 0 Å². The van der Waals surface area contributed by atoms with Crippen LogP contribution < -0.4 is 10.6 Å². The molecule has 4 heteroatoms. The fraction of sp³-hybridized carbons (Fsp3) is 0.133. The molecule has 1 aliphatic heterocycles. The first-order chi connectivity index (χ1) is 8.84. The molecule has 19 heavy (non-hydrogen) atoms. The van der Waals surface area contributed by atoms with Crippen molar-refractivity contribution in [3.8, 4) is 0 Å². The third-order valence-electron chi connectivity index (χ3n) is 3.36. The molecule has 0 atom stereocenters. The summed E-state index contributed by atoms with van der Waals surface area (Å²) >= 11 is 0. The summed E-state index contributed by atoms with van der Waals surface area (Å²) in [6, 6.07) is 19.6. The van der Waals surface area contributed by atoms with E-state index in [0.29, 0.717) is 6.67 Å². The molecule has 0 aromatic heterocycles. The van der Waals surface area contributed by atoms with E-state index < -0.39 is 5.54 Å². The summed E-state index contributed by atoms with van der Waals surface area (Å²) in [5, 5.41) is 6.15. The average molecular weight is 262 g/mol. The quantitative estimate of drug-likeness (QED) is 0.791. The first kappa shape index (κ1) is 14.3. The molecule has 1 amide bonds. The summed E-state index contributed by atoms with van der Waals surface area (Å²) in [5.41, 5.74) is 1.17. The van der Waals surface area contributed by atoms with Crippen LogP contribution >= 0.6 is 0 Å². The van der Waals surface area contributed by atoms with Crippen molar-refractivity contribution in [2.45, 2.75) is 5.54 Å². The van der Waals surface area contributed by atoms with Gasteiger partial charge in [0.1, 0.15) is 0 Å². The third kappa shape index (κ3) is 2.35. The Kier molecular flexibility index (Phi) is 4.42. The standard InChI is InChI=1S/C15H14N2O.Na.H/c18-14-15(17-11-16-14,12-7-3-1-4-8-12)13-9-5-2-6-10-13;;/h1-10,17H,11H2,(H,16,18);;. The summed E-state index contributed by atoms with van der Waals surface area (Å²) < 4.78 is 0. The molecule has 0 spiro atoms. The Bertz CT molecular complexity index is 517. The van der Waals surface area contributed by atoms with Gasteiger partial charge in [-0.15, -0.1) is 0 Å². The number of amides is 1. The van der Waals surface area contributed by atoms with Crippen LogP contribution in [0.4, 0.5) is 0 Å². The summed E-state index contributed by atoms with van der Waals surface area (Å²) in [6.45, 7) is 0.489. The van der Waals surface area contributed by atoms with E-state index in [1.54, 1.807) is 0 Å². The average Bonchev–Trinajstić information content (AvgIpc) is 2.84. The zero-order valence-corrected chi connectivity index (χ0v) is 9.89. The van der Waals surface area contributed by atoms with Gasteiger partial charge < -0.3 is 5.32 Å². The predicted molar refractivity (Wildman–Crippen MR) is 77.0 cm³/mol. The molecular weight excluding hydrogens is 247 g/mol. The number of hydrogen-bond donors (Lipinski definition) is 2. The zero-order chi connectivity index (χ0) is 12.4. The third-order valence-corrected chi connectivity index (χ3v) is 3.36. The maximum absolute atomic E-state index is 12.3. The van der Waals surface area contributed by atoms with Crippen molar-refractivity contribution in [2.24, 2.45) is 0 Å². The molecule has 0 bridgehead atoms. The van der Waals surface area contributed by atoms with Crippen LogP contribution in [0.15, 0.2) is 60.7 Å². The number of carbonyl (C=O) groups excluding carboxylic acids is 1. The fourth-order valence-electron chi connectivity index (χ4n) is 2.48. The van der Waals surface area contributed by atoms with E-state index in [1.807, 2.05) is 60.7 Å². The van der Waals surface area contributed by atoms with E-state index in [-0.39, 0.29) is 35.5 Å². The summed E-state index contributed by atoms with van der Waals surface area (Å²) in [5.74, 6) is -0.0000926. The molecule has 2 aromatic carbocycles. The van der Waals surface area contributed by atoms with Crippen LogP contribution in [0.2, 0.25) is 0 Å². The van der Waals surface area contributed by atoms with Gasteiger partial charge in [-0.1, -0.05) is 60.7 Å². The van der Waals surface area contributed by atoms with Gasteiger partial charge in [-0.05, 0) is 11.1 Å². The van der Waals surface area contributed by atoms with Crippen molar-refractivity contribution >= 4 is 35.5 Å². The van der Waals surface area contributed by atoms with Gasteiger partial charge in [-0.2, -0.15) is 0 Å². The summed E-state index contributed by atoms with van der Waals surface area (Å²) in [4.78, 5) is 12.3. The molecule has 1 heterocycles. The molecule has 1 saturated heterocycles. The molecule has 1 aliphatic rings. The van der Waals surface area contributed by atoms with Crippen LogP contribution in [0, 0.1) is 0 Å². The molecule has 0 aliphatic carbocycles. The molecular formula is C15H15N2NaO. The molecule has 0 unspecified atom stereocenters. The van der Waals surface area contributed by atoms with E-state index >= 15 is 0 Å². The number of benzene rings is 2. The van der Waals surface area contributed by atoms with Gasteiger partial charge in [0, 0.05) is 0 Å². The number of hydrogen-bond acceptors (Lipinski definition) is 2. The monoisotopic (exact) mass is 262 g/mol. The zero-order valence-electron chi connectivity index (χ0n) is 9.89. The number of rotatable bonds is 2. The first-order valence-electron chi connectivity index (χ1n) is 5.98. The van der Waals surface area contributed by atoms with Gasteiger partial charge in [0.2, 0.25) is 0 Å². The number of carbonyl (C=O) groups is 1. The Morgan fingerprint density at radius 3 is 1.68 bits per heavy atom. The van der Waals surface area contributed by atoms with Gasteiger partial charge in [-0.3, -0.25) is 10.1 Å². The minimum absolute atomic E-state index is 0. The number of nitrogens with one attached hydrogen (secondary N) is 2. The van der Waals surface area contributed by atoms with Crippen molar-refractivity contribution in [2.75, 3.05) is 6.67 Å². The van der Waals surface area contributed by atoms with E-state index in [0.717, 1.165) is 11.1 Å². The normalized spacial score (nSPS) is 16.5. The second-order valence-electron chi connectivity index (χ2n) is 4.34. The van der Waals surface area contributed by atoms with Crippen LogP contribution in [-0.2, 0) is 10.3 Å². The Hall–Kier alpha value is -1.13. The SMILES string of the molecule is O=C1NCNC1(c1ccccc1)c1ccccc1.[NaH]. The summed E-state index contributed by atoms with van der Waals surface area (Å²) in [7, 11) is 0. The van der Waals surface area contributed by atoms with E-state index in [2.05, 4.69) is 10.6 Å². The Labute approximate surface area is 134 Å². The molecule has 0 saturated carbocycles. The second kappa shape index (κ2) is 5.88. The maximum atomic E-state index is 12.3. The molecule has 92 valence electrons. The van der Waals surface area contributed by atoms with Crippen LogP contribution in [0.5, 0.6) is 0 Å². The van der Waals surface area contributed by atoms with Crippen molar-refractivity contribution in [3.05, 3.63) is 71.8 Å². The molecule has 3 rings (SSSR count). The Balaban J connectivity index is 0.00000133. The van der Waals surface area contributed by atoms with E-state index in [4.69, 9.17) is 0 Å². The molecule has 3 nitrogen and oxygen atoms in total. The molecule has 0 radical (unpaired) electrons.